The highest BCUT2D eigenvalue weighted by Gasteiger charge is 2.18. The number of sulfonamides is 1. The number of nitrogens with zero attached hydrogens (tertiary/aromatic N) is 1. The van der Waals surface area contributed by atoms with E-state index in [-0.39, 0.29) is 18.9 Å². The summed E-state index contributed by atoms with van der Waals surface area (Å²) in [7, 11) is -3.52. The molecule has 2 aromatic rings. The molecule has 0 fully saturated rings. The van der Waals surface area contributed by atoms with Gasteiger partial charge in [-0.1, -0.05) is 25.1 Å². The first-order valence-corrected chi connectivity index (χ1v) is 9.76. The average Bonchev–Trinajstić information content (AvgIpc) is 2.54. The van der Waals surface area contributed by atoms with Crippen molar-refractivity contribution in [2.75, 3.05) is 22.4 Å². The summed E-state index contributed by atoms with van der Waals surface area (Å²) in [5.41, 5.74) is 1.95. The van der Waals surface area contributed by atoms with Gasteiger partial charge in [0.05, 0.1) is 11.9 Å². The molecule has 0 atom stereocenters. The number of nitrogens with one attached hydrogen (secondary N) is 1. The molecule has 0 saturated carbocycles. The molecule has 5 nitrogen and oxygen atoms in total. The van der Waals surface area contributed by atoms with Crippen molar-refractivity contribution in [3.8, 4) is 0 Å². The molecular formula is C18H21FN2O3S. The Labute approximate surface area is 147 Å². The average molecular weight is 364 g/mol. The van der Waals surface area contributed by atoms with E-state index in [9.17, 15) is 17.6 Å². The molecule has 0 aliphatic heterocycles. The number of benzene rings is 2. The van der Waals surface area contributed by atoms with Gasteiger partial charge in [-0.2, -0.15) is 0 Å². The Balaban J connectivity index is 2.06. The molecule has 0 aliphatic carbocycles. The fourth-order valence-corrected chi connectivity index (χ4v) is 3.30. The lowest BCUT2D eigenvalue weighted by molar-refractivity contribution is -0.116. The van der Waals surface area contributed by atoms with Crippen molar-refractivity contribution >= 4 is 27.3 Å². The van der Waals surface area contributed by atoms with Gasteiger partial charge in [0.25, 0.3) is 0 Å². The van der Waals surface area contributed by atoms with Crippen LogP contribution in [0, 0.1) is 5.82 Å². The standard InChI is InChI=1S/C18H21FN2O3S/c1-3-14-7-9-17(10-8-14)21(25(2,23)24)12-11-18(22)20-16-6-4-5-15(19)13-16/h4-10,13H,3,11-12H2,1-2H3,(H,20,22). The SMILES string of the molecule is CCc1ccc(N(CCC(=O)Nc2cccc(F)c2)S(C)(=O)=O)cc1. The van der Waals surface area contributed by atoms with Crippen LogP contribution in [0.4, 0.5) is 15.8 Å². The minimum atomic E-state index is -3.52. The number of rotatable bonds is 7. The first-order valence-electron chi connectivity index (χ1n) is 7.91. The minimum Gasteiger partial charge on any atom is -0.326 e. The Kier molecular flexibility index (Phi) is 6.14. The molecule has 25 heavy (non-hydrogen) atoms. The first-order chi connectivity index (χ1) is 11.8. The largest absolute Gasteiger partial charge is 0.326 e. The van der Waals surface area contributed by atoms with Crippen molar-refractivity contribution in [3.05, 3.63) is 59.9 Å². The summed E-state index contributed by atoms with van der Waals surface area (Å²) in [6, 6.07) is 12.7. The third-order valence-electron chi connectivity index (χ3n) is 3.68. The summed E-state index contributed by atoms with van der Waals surface area (Å²) >= 11 is 0. The summed E-state index contributed by atoms with van der Waals surface area (Å²) in [5, 5.41) is 2.56. The molecule has 1 amide bonds. The molecule has 7 heteroatoms. The van der Waals surface area contributed by atoms with Gasteiger partial charge in [-0.25, -0.2) is 12.8 Å². The van der Waals surface area contributed by atoms with Crippen LogP contribution in [0.1, 0.15) is 18.9 Å². The molecule has 0 bridgehead atoms. The highest BCUT2D eigenvalue weighted by atomic mass is 32.2. The van der Waals surface area contributed by atoms with Gasteiger partial charge in [0, 0.05) is 18.7 Å². The Morgan fingerprint density at radius 3 is 2.40 bits per heavy atom. The molecule has 2 aromatic carbocycles. The van der Waals surface area contributed by atoms with Crippen LogP contribution in [-0.4, -0.2) is 27.1 Å². The molecule has 0 unspecified atom stereocenters. The highest BCUT2D eigenvalue weighted by molar-refractivity contribution is 7.92. The van der Waals surface area contributed by atoms with Gasteiger partial charge in [-0.15, -0.1) is 0 Å². The van der Waals surface area contributed by atoms with Gasteiger partial charge in [0.2, 0.25) is 15.9 Å². The quantitative estimate of drug-likeness (QED) is 0.820. The molecule has 0 saturated heterocycles. The Hall–Kier alpha value is -2.41. The Bertz CT molecular complexity index is 836. The summed E-state index contributed by atoms with van der Waals surface area (Å²) < 4.78 is 38.4. The predicted octanol–water partition coefficient (Wildman–Crippen LogP) is 3.18. The van der Waals surface area contributed by atoms with Crippen molar-refractivity contribution in [1.29, 1.82) is 0 Å². The van der Waals surface area contributed by atoms with Crippen LogP contribution < -0.4 is 9.62 Å². The summed E-state index contributed by atoms with van der Waals surface area (Å²) in [4.78, 5) is 12.0. The monoisotopic (exact) mass is 364 g/mol. The van der Waals surface area contributed by atoms with E-state index in [2.05, 4.69) is 5.32 Å². The molecule has 0 spiro atoms. The fourth-order valence-electron chi connectivity index (χ4n) is 2.38. The van der Waals surface area contributed by atoms with Crippen LogP contribution >= 0.6 is 0 Å². The number of carbonyl (C=O) groups excluding carboxylic acids is 1. The molecule has 0 aromatic heterocycles. The maximum absolute atomic E-state index is 13.1. The van der Waals surface area contributed by atoms with E-state index in [0.29, 0.717) is 11.4 Å². The Morgan fingerprint density at radius 1 is 1.16 bits per heavy atom. The summed E-state index contributed by atoms with van der Waals surface area (Å²) in [5.74, 6) is -0.837. The lowest BCUT2D eigenvalue weighted by Crippen LogP contribution is -2.33. The number of anilines is 2. The molecule has 0 radical (unpaired) electrons. The number of halogens is 1. The smallest absolute Gasteiger partial charge is 0.232 e. The summed E-state index contributed by atoms with van der Waals surface area (Å²) in [6.07, 6.45) is 1.92. The minimum absolute atomic E-state index is 0.00541. The van der Waals surface area contributed by atoms with E-state index in [4.69, 9.17) is 0 Å². The van der Waals surface area contributed by atoms with E-state index in [1.807, 2.05) is 19.1 Å². The molecule has 134 valence electrons. The van der Waals surface area contributed by atoms with Gasteiger partial charge in [0.1, 0.15) is 5.82 Å². The van der Waals surface area contributed by atoms with Crippen LogP contribution in [0.5, 0.6) is 0 Å². The van der Waals surface area contributed by atoms with E-state index < -0.39 is 15.8 Å². The molecule has 0 heterocycles. The number of amides is 1. The predicted molar refractivity (Wildman–Crippen MR) is 97.7 cm³/mol. The number of hydrogen-bond donors (Lipinski definition) is 1. The zero-order valence-corrected chi connectivity index (χ0v) is 15.0. The topological polar surface area (TPSA) is 66.5 Å². The van der Waals surface area contributed by atoms with Crippen LogP contribution in [-0.2, 0) is 21.2 Å². The second-order valence-electron chi connectivity index (χ2n) is 5.66. The van der Waals surface area contributed by atoms with Crippen molar-refractivity contribution in [3.63, 3.8) is 0 Å². The van der Waals surface area contributed by atoms with E-state index in [1.165, 1.54) is 22.5 Å². The van der Waals surface area contributed by atoms with Gasteiger partial charge in [-0.05, 0) is 42.3 Å². The number of hydrogen-bond acceptors (Lipinski definition) is 3. The molecular weight excluding hydrogens is 343 g/mol. The van der Waals surface area contributed by atoms with Gasteiger partial charge in [-0.3, -0.25) is 9.10 Å². The summed E-state index contributed by atoms with van der Waals surface area (Å²) in [6.45, 7) is 2.02. The zero-order valence-electron chi connectivity index (χ0n) is 14.2. The van der Waals surface area contributed by atoms with E-state index in [0.717, 1.165) is 18.2 Å². The van der Waals surface area contributed by atoms with Crippen LogP contribution in [0.25, 0.3) is 0 Å². The second kappa shape index (κ2) is 8.11. The highest BCUT2D eigenvalue weighted by Crippen LogP contribution is 2.19. The maximum atomic E-state index is 13.1. The van der Waals surface area contributed by atoms with Crippen LogP contribution in [0.15, 0.2) is 48.5 Å². The maximum Gasteiger partial charge on any atom is 0.232 e. The number of aryl methyl sites for hydroxylation is 1. The lowest BCUT2D eigenvalue weighted by atomic mass is 10.1. The number of carbonyl (C=O) groups is 1. The van der Waals surface area contributed by atoms with Crippen molar-refractivity contribution < 1.29 is 17.6 Å². The second-order valence-corrected chi connectivity index (χ2v) is 7.57. The van der Waals surface area contributed by atoms with Crippen LogP contribution in [0.3, 0.4) is 0 Å². The van der Waals surface area contributed by atoms with Crippen LogP contribution in [0.2, 0.25) is 0 Å². The normalized spacial score (nSPS) is 11.2. The van der Waals surface area contributed by atoms with Crippen molar-refractivity contribution in [2.45, 2.75) is 19.8 Å². The lowest BCUT2D eigenvalue weighted by Gasteiger charge is -2.22. The third-order valence-corrected chi connectivity index (χ3v) is 4.88. The van der Waals surface area contributed by atoms with E-state index in [1.54, 1.807) is 18.2 Å². The fraction of sp³-hybridized carbons (Fsp3) is 0.278. The molecule has 1 N–H and O–H groups in total. The van der Waals surface area contributed by atoms with Crippen molar-refractivity contribution in [1.82, 2.24) is 0 Å². The third kappa shape index (κ3) is 5.56. The molecule has 0 aliphatic rings. The van der Waals surface area contributed by atoms with Crippen molar-refractivity contribution in [2.24, 2.45) is 0 Å². The zero-order chi connectivity index (χ0) is 18.4. The van der Waals surface area contributed by atoms with Gasteiger partial charge >= 0.3 is 0 Å². The first kappa shape index (κ1) is 18.9. The Morgan fingerprint density at radius 2 is 1.84 bits per heavy atom. The van der Waals surface area contributed by atoms with E-state index >= 15 is 0 Å². The van der Waals surface area contributed by atoms with Gasteiger partial charge in [0.15, 0.2) is 0 Å². The molecule has 2 rings (SSSR count). The van der Waals surface area contributed by atoms with Gasteiger partial charge < -0.3 is 5.32 Å².